The molecule has 0 spiro atoms. The van der Waals surface area contributed by atoms with Crippen LogP contribution in [-0.4, -0.2) is 35.5 Å². The van der Waals surface area contributed by atoms with Crippen molar-refractivity contribution in [3.63, 3.8) is 0 Å². The van der Waals surface area contributed by atoms with Gasteiger partial charge in [0, 0.05) is 13.1 Å². The number of rotatable bonds is 9. The summed E-state index contributed by atoms with van der Waals surface area (Å²) >= 11 is 0. The Morgan fingerprint density at radius 1 is 1.07 bits per heavy atom. The highest BCUT2D eigenvalue weighted by Crippen LogP contribution is 2.13. The van der Waals surface area contributed by atoms with Crippen LogP contribution in [0.5, 0.6) is 0 Å². The molecule has 1 aromatic heterocycles. The van der Waals surface area contributed by atoms with E-state index in [0.29, 0.717) is 19.0 Å². The number of aliphatic imine (C=N–C) groups is 1. The third kappa shape index (κ3) is 6.40. The van der Waals surface area contributed by atoms with E-state index in [2.05, 4.69) is 65.6 Å². The van der Waals surface area contributed by atoms with E-state index in [9.17, 15) is 0 Å². The summed E-state index contributed by atoms with van der Waals surface area (Å²) < 4.78 is 5.63. The van der Waals surface area contributed by atoms with E-state index in [-0.39, 0.29) is 0 Å². The van der Waals surface area contributed by atoms with Crippen LogP contribution in [-0.2, 0) is 19.6 Å². The first-order valence-corrected chi connectivity index (χ1v) is 9.81. The van der Waals surface area contributed by atoms with Crippen molar-refractivity contribution >= 4 is 5.96 Å². The van der Waals surface area contributed by atoms with Gasteiger partial charge in [0.2, 0.25) is 5.89 Å². The van der Waals surface area contributed by atoms with Gasteiger partial charge in [-0.1, -0.05) is 38.1 Å². The van der Waals surface area contributed by atoms with Crippen molar-refractivity contribution in [2.75, 3.05) is 19.6 Å². The molecule has 0 atom stereocenters. The number of aromatic nitrogens is 1. The maximum Gasteiger partial charge on any atom is 0.214 e. The first kappa shape index (κ1) is 21.0. The van der Waals surface area contributed by atoms with Crippen molar-refractivity contribution in [1.82, 2.24) is 20.5 Å². The Balaban J connectivity index is 2.05. The molecule has 0 aliphatic rings. The summed E-state index contributed by atoms with van der Waals surface area (Å²) in [4.78, 5) is 11.6. The minimum atomic E-state index is 0.515. The molecule has 0 fully saturated rings. The first-order valence-electron chi connectivity index (χ1n) is 9.81. The molecule has 0 aliphatic carbocycles. The fourth-order valence-corrected chi connectivity index (χ4v) is 2.83. The summed E-state index contributed by atoms with van der Waals surface area (Å²) in [7, 11) is 0. The van der Waals surface area contributed by atoms with Gasteiger partial charge in [0.15, 0.2) is 5.96 Å². The van der Waals surface area contributed by atoms with E-state index < -0.39 is 0 Å². The Morgan fingerprint density at radius 3 is 2.37 bits per heavy atom. The summed E-state index contributed by atoms with van der Waals surface area (Å²) in [6.07, 6.45) is 0. The third-order valence-electron chi connectivity index (χ3n) is 4.64. The van der Waals surface area contributed by atoms with Crippen LogP contribution in [0.15, 0.2) is 33.7 Å². The maximum absolute atomic E-state index is 5.63. The average molecular weight is 372 g/mol. The second-order valence-corrected chi connectivity index (χ2v) is 6.53. The largest absolute Gasteiger partial charge is 0.444 e. The van der Waals surface area contributed by atoms with Crippen LogP contribution in [0.4, 0.5) is 0 Å². The summed E-state index contributed by atoms with van der Waals surface area (Å²) in [5.74, 6) is 2.31. The Labute approximate surface area is 163 Å². The monoisotopic (exact) mass is 371 g/mol. The molecule has 0 saturated carbocycles. The van der Waals surface area contributed by atoms with E-state index in [1.807, 2.05) is 13.8 Å². The molecule has 6 heteroatoms. The second-order valence-electron chi connectivity index (χ2n) is 6.53. The second kappa shape index (κ2) is 10.7. The molecule has 0 saturated heterocycles. The number of guanidine groups is 1. The molecule has 0 radical (unpaired) electrons. The van der Waals surface area contributed by atoms with Crippen molar-refractivity contribution in [1.29, 1.82) is 0 Å². The average Bonchev–Trinajstić information content (AvgIpc) is 3.00. The minimum absolute atomic E-state index is 0.515. The molecule has 0 amide bonds. The number of nitrogens with one attached hydrogen (secondary N) is 2. The summed E-state index contributed by atoms with van der Waals surface area (Å²) in [6.45, 7) is 15.3. The van der Waals surface area contributed by atoms with Gasteiger partial charge in [0.25, 0.3) is 0 Å². The van der Waals surface area contributed by atoms with Crippen molar-refractivity contribution in [3.05, 3.63) is 52.7 Å². The Bertz CT molecular complexity index is 714. The number of oxazole rings is 1. The molecule has 0 aliphatic heterocycles. The van der Waals surface area contributed by atoms with Crippen LogP contribution in [0.3, 0.4) is 0 Å². The molecule has 148 valence electrons. The van der Waals surface area contributed by atoms with Gasteiger partial charge in [0.1, 0.15) is 5.76 Å². The first-order chi connectivity index (χ1) is 13.1. The molecule has 2 rings (SSSR count). The Kier molecular flexibility index (Phi) is 8.33. The predicted molar refractivity (Wildman–Crippen MR) is 111 cm³/mol. The Hall–Kier alpha value is -2.34. The van der Waals surface area contributed by atoms with Crippen LogP contribution in [0.2, 0.25) is 0 Å². The maximum atomic E-state index is 5.63. The van der Waals surface area contributed by atoms with E-state index in [1.54, 1.807) is 0 Å². The Morgan fingerprint density at radius 2 is 1.78 bits per heavy atom. The van der Waals surface area contributed by atoms with Gasteiger partial charge in [-0.25, -0.2) is 9.98 Å². The quantitative estimate of drug-likeness (QED) is 0.522. The van der Waals surface area contributed by atoms with Gasteiger partial charge in [0.05, 0.1) is 18.8 Å². The van der Waals surface area contributed by atoms with E-state index in [1.165, 1.54) is 11.1 Å². The zero-order valence-electron chi connectivity index (χ0n) is 17.3. The molecule has 6 nitrogen and oxygen atoms in total. The number of hydrogen-bond donors (Lipinski definition) is 2. The lowest BCUT2D eigenvalue weighted by Crippen LogP contribution is -2.36. The van der Waals surface area contributed by atoms with Crippen molar-refractivity contribution < 1.29 is 4.42 Å². The fourth-order valence-electron chi connectivity index (χ4n) is 2.83. The van der Waals surface area contributed by atoms with Crippen molar-refractivity contribution in [2.24, 2.45) is 4.99 Å². The molecule has 0 bridgehead atoms. The highest BCUT2D eigenvalue weighted by atomic mass is 16.4. The predicted octanol–water partition coefficient (Wildman–Crippen LogP) is 3.39. The summed E-state index contributed by atoms with van der Waals surface area (Å²) in [5, 5.41) is 6.59. The van der Waals surface area contributed by atoms with E-state index >= 15 is 0 Å². The lowest BCUT2D eigenvalue weighted by molar-refractivity contribution is 0.295. The number of benzene rings is 1. The van der Waals surface area contributed by atoms with Crippen LogP contribution < -0.4 is 10.6 Å². The van der Waals surface area contributed by atoms with Crippen LogP contribution in [0.1, 0.15) is 49.2 Å². The SMILES string of the molecule is CCNC(=NCc1ccccc1CN(CC)CC)NCc1nc(C)c(C)o1. The normalized spacial score (nSPS) is 11.9. The summed E-state index contributed by atoms with van der Waals surface area (Å²) in [6, 6.07) is 8.53. The molecular weight excluding hydrogens is 338 g/mol. The number of hydrogen-bond acceptors (Lipinski definition) is 4. The van der Waals surface area contributed by atoms with Gasteiger partial charge in [-0.2, -0.15) is 0 Å². The standard InChI is InChI=1S/C21H33N5O/c1-6-22-21(24-14-20-25-16(4)17(5)27-20)23-13-18-11-9-10-12-19(18)15-26(7-2)8-3/h9-12H,6-8,13-15H2,1-5H3,(H2,22,23,24). The molecular formula is C21H33N5O. The minimum Gasteiger partial charge on any atom is -0.444 e. The van der Waals surface area contributed by atoms with E-state index in [0.717, 1.165) is 43.6 Å². The summed E-state index contributed by atoms with van der Waals surface area (Å²) in [5.41, 5.74) is 3.52. The highest BCUT2D eigenvalue weighted by molar-refractivity contribution is 5.79. The molecule has 1 heterocycles. The highest BCUT2D eigenvalue weighted by Gasteiger charge is 2.08. The van der Waals surface area contributed by atoms with Crippen LogP contribution >= 0.6 is 0 Å². The van der Waals surface area contributed by atoms with Crippen LogP contribution in [0, 0.1) is 13.8 Å². The van der Waals surface area contributed by atoms with Gasteiger partial charge >= 0.3 is 0 Å². The number of nitrogens with zero attached hydrogens (tertiary/aromatic N) is 3. The topological polar surface area (TPSA) is 65.7 Å². The molecule has 2 aromatic rings. The fraction of sp³-hybridized carbons (Fsp3) is 0.524. The van der Waals surface area contributed by atoms with E-state index in [4.69, 9.17) is 9.41 Å². The molecule has 2 N–H and O–H groups in total. The smallest absolute Gasteiger partial charge is 0.214 e. The molecule has 27 heavy (non-hydrogen) atoms. The van der Waals surface area contributed by atoms with Gasteiger partial charge < -0.3 is 15.1 Å². The van der Waals surface area contributed by atoms with Crippen molar-refractivity contribution in [2.45, 2.75) is 54.3 Å². The zero-order chi connectivity index (χ0) is 19.6. The van der Waals surface area contributed by atoms with Gasteiger partial charge in [-0.3, -0.25) is 4.90 Å². The lowest BCUT2D eigenvalue weighted by Gasteiger charge is -2.20. The van der Waals surface area contributed by atoms with Gasteiger partial charge in [-0.15, -0.1) is 0 Å². The molecule has 0 unspecified atom stereocenters. The van der Waals surface area contributed by atoms with Crippen molar-refractivity contribution in [3.8, 4) is 0 Å². The van der Waals surface area contributed by atoms with Gasteiger partial charge in [-0.05, 0) is 45.0 Å². The molecule has 1 aromatic carbocycles. The van der Waals surface area contributed by atoms with Crippen LogP contribution in [0.25, 0.3) is 0 Å². The zero-order valence-corrected chi connectivity index (χ0v) is 17.3. The number of aryl methyl sites for hydroxylation is 2. The lowest BCUT2D eigenvalue weighted by atomic mass is 10.1. The third-order valence-corrected chi connectivity index (χ3v) is 4.64.